The second-order valence-electron chi connectivity index (χ2n) is 5.13. The SMILES string of the molecule is CC(=O)c1ccc(C(=O)Nc2nc3c(C)c(Cl)ccc3s2)cc1. The van der Waals surface area contributed by atoms with E-state index >= 15 is 0 Å². The lowest BCUT2D eigenvalue weighted by atomic mass is 10.1. The van der Waals surface area contributed by atoms with Crippen LogP contribution in [0.4, 0.5) is 5.13 Å². The van der Waals surface area contributed by atoms with Crippen LogP contribution in [0.2, 0.25) is 5.02 Å². The third-order valence-corrected chi connectivity index (χ3v) is 4.87. The van der Waals surface area contributed by atoms with E-state index in [0.717, 1.165) is 15.8 Å². The van der Waals surface area contributed by atoms with Gasteiger partial charge in [0.1, 0.15) is 0 Å². The summed E-state index contributed by atoms with van der Waals surface area (Å²) in [6.45, 7) is 3.39. The minimum absolute atomic E-state index is 0.0320. The summed E-state index contributed by atoms with van der Waals surface area (Å²) < 4.78 is 0.967. The maximum Gasteiger partial charge on any atom is 0.257 e. The number of aryl methyl sites for hydroxylation is 1. The third kappa shape index (κ3) is 3.11. The smallest absolute Gasteiger partial charge is 0.257 e. The number of hydrogen-bond acceptors (Lipinski definition) is 4. The van der Waals surface area contributed by atoms with Gasteiger partial charge in [-0.25, -0.2) is 4.98 Å². The standard InChI is InChI=1S/C17H13ClN2O2S/c1-9-13(18)7-8-14-15(9)19-17(23-14)20-16(22)12-5-3-11(4-6-12)10(2)21/h3-8H,1-2H3,(H,19,20,22). The molecule has 0 unspecified atom stereocenters. The van der Waals surface area contributed by atoms with Crippen LogP contribution >= 0.6 is 22.9 Å². The minimum atomic E-state index is -0.261. The molecule has 1 aromatic heterocycles. The van der Waals surface area contributed by atoms with Gasteiger partial charge in [-0.1, -0.05) is 35.1 Å². The fourth-order valence-electron chi connectivity index (χ4n) is 2.18. The van der Waals surface area contributed by atoms with Crippen molar-refractivity contribution < 1.29 is 9.59 Å². The molecule has 0 aliphatic carbocycles. The summed E-state index contributed by atoms with van der Waals surface area (Å²) in [4.78, 5) is 28.0. The molecule has 0 atom stereocenters. The van der Waals surface area contributed by atoms with Crippen molar-refractivity contribution in [2.24, 2.45) is 0 Å². The van der Waals surface area contributed by atoms with E-state index in [-0.39, 0.29) is 11.7 Å². The number of thiazole rings is 1. The summed E-state index contributed by atoms with van der Waals surface area (Å²) in [5, 5.41) is 3.96. The zero-order valence-corrected chi connectivity index (χ0v) is 14.1. The van der Waals surface area contributed by atoms with Gasteiger partial charge in [-0.2, -0.15) is 0 Å². The number of rotatable bonds is 3. The van der Waals surface area contributed by atoms with Crippen LogP contribution in [0, 0.1) is 6.92 Å². The topological polar surface area (TPSA) is 59.1 Å². The third-order valence-electron chi connectivity index (χ3n) is 3.52. The summed E-state index contributed by atoms with van der Waals surface area (Å²) >= 11 is 7.48. The summed E-state index contributed by atoms with van der Waals surface area (Å²) in [5.41, 5.74) is 2.74. The van der Waals surface area contributed by atoms with Crippen molar-refractivity contribution in [2.45, 2.75) is 13.8 Å². The Morgan fingerprint density at radius 1 is 1.09 bits per heavy atom. The molecule has 0 spiro atoms. The van der Waals surface area contributed by atoms with Gasteiger partial charge in [0, 0.05) is 16.1 Å². The van der Waals surface area contributed by atoms with Crippen LogP contribution < -0.4 is 5.32 Å². The Hall–Kier alpha value is -2.24. The van der Waals surface area contributed by atoms with Crippen molar-refractivity contribution >= 4 is 50.0 Å². The molecule has 3 aromatic rings. The van der Waals surface area contributed by atoms with Crippen molar-refractivity contribution in [3.05, 3.63) is 58.1 Å². The quantitative estimate of drug-likeness (QED) is 0.700. The Kier molecular flexibility index (Phi) is 4.15. The highest BCUT2D eigenvalue weighted by Gasteiger charge is 2.12. The van der Waals surface area contributed by atoms with Crippen molar-refractivity contribution in [3.63, 3.8) is 0 Å². The van der Waals surface area contributed by atoms with Gasteiger partial charge in [0.2, 0.25) is 0 Å². The number of benzene rings is 2. The van der Waals surface area contributed by atoms with Gasteiger partial charge in [0.15, 0.2) is 10.9 Å². The number of fused-ring (bicyclic) bond motifs is 1. The Morgan fingerprint density at radius 3 is 2.39 bits per heavy atom. The van der Waals surface area contributed by atoms with E-state index in [2.05, 4.69) is 10.3 Å². The average molecular weight is 345 g/mol. The van der Waals surface area contributed by atoms with Gasteiger partial charge < -0.3 is 0 Å². The van der Waals surface area contributed by atoms with Gasteiger partial charge in [0.25, 0.3) is 5.91 Å². The van der Waals surface area contributed by atoms with Gasteiger partial charge in [-0.15, -0.1) is 0 Å². The van der Waals surface area contributed by atoms with Crippen LogP contribution in [0.15, 0.2) is 36.4 Å². The van der Waals surface area contributed by atoms with Crippen molar-refractivity contribution in [3.8, 4) is 0 Å². The molecular weight excluding hydrogens is 332 g/mol. The molecule has 0 bridgehead atoms. The molecule has 2 aromatic carbocycles. The zero-order valence-electron chi connectivity index (χ0n) is 12.5. The average Bonchev–Trinajstić information content (AvgIpc) is 2.94. The number of amides is 1. The summed E-state index contributed by atoms with van der Waals surface area (Å²) in [7, 11) is 0. The lowest BCUT2D eigenvalue weighted by Gasteiger charge is -2.02. The Morgan fingerprint density at radius 2 is 1.74 bits per heavy atom. The number of nitrogens with one attached hydrogen (secondary N) is 1. The number of hydrogen-bond donors (Lipinski definition) is 1. The summed E-state index contributed by atoms with van der Waals surface area (Å²) in [6, 6.07) is 10.2. The molecule has 4 nitrogen and oxygen atoms in total. The van der Waals surface area contributed by atoms with Gasteiger partial charge in [-0.3, -0.25) is 14.9 Å². The molecule has 6 heteroatoms. The molecule has 1 N–H and O–H groups in total. The molecule has 1 heterocycles. The second-order valence-corrected chi connectivity index (χ2v) is 6.56. The molecule has 0 fully saturated rings. The van der Waals surface area contributed by atoms with Crippen molar-refractivity contribution in [1.82, 2.24) is 4.98 Å². The maximum absolute atomic E-state index is 12.3. The maximum atomic E-state index is 12.3. The molecule has 0 saturated carbocycles. The first-order valence-corrected chi connectivity index (χ1v) is 8.13. The number of Topliss-reactive ketones (excluding diaryl/α,β-unsaturated/α-hetero) is 1. The van der Waals surface area contributed by atoms with E-state index < -0.39 is 0 Å². The fourth-order valence-corrected chi connectivity index (χ4v) is 3.25. The first-order valence-electron chi connectivity index (χ1n) is 6.93. The minimum Gasteiger partial charge on any atom is -0.298 e. The molecule has 0 aliphatic heterocycles. The zero-order chi connectivity index (χ0) is 16.6. The number of anilines is 1. The number of ketones is 1. The van der Waals surface area contributed by atoms with E-state index in [4.69, 9.17) is 11.6 Å². The van der Waals surface area contributed by atoms with E-state index in [9.17, 15) is 9.59 Å². The van der Waals surface area contributed by atoms with Gasteiger partial charge in [0.05, 0.1) is 10.2 Å². The van der Waals surface area contributed by atoms with Crippen LogP contribution in [0.1, 0.15) is 33.2 Å². The van der Waals surface area contributed by atoms with Crippen LogP contribution in [-0.2, 0) is 0 Å². The normalized spacial score (nSPS) is 10.7. The Balaban J connectivity index is 1.85. The molecule has 0 aliphatic rings. The second kappa shape index (κ2) is 6.10. The lowest BCUT2D eigenvalue weighted by Crippen LogP contribution is -2.11. The predicted molar refractivity (Wildman–Crippen MR) is 93.8 cm³/mol. The molecule has 1 amide bonds. The van der Waals surface area contributed by atoms with Crippen molar-refractivity contribution in [1.29, 1.82) is 0 Å². The number of carbonyl (C=O) groups is 2. The fraction of sp³-hybridized carbons (Fsp3) is 0.118. The van der Waals surface area contributed by atoms with Crippen LogP contribution in [-0.4, -0.2) is 16.7 Å². The van der Waals surface area contributed by atoms with E-state index in [1.165, 1.54) is 18.3 Å². The monoisotopic (exact) mass is 344 g/mol. The largest absolute Gasteiger partial charge is 0.298 e. The highest BCUT2D eigenvalue weighted by atomic mass is 35.5. The number of halogens is 1. The number of carbonyl (C=O) groups excluding carboxylic acids is 2. The number of aromatic nitrogens is 1. The summed E-state index contributed by atoms with van der Waals surface area (Å²) in [5.74, 6) is -0.293. The first kappa shape index (κ1) is 15.6. The molecule has 3 rings (SSSR count). The Bertz CT molecular complexity index is 916. The predicted octanol–water partition coefficient (Wildman–Crippen LogP) is 4.71. The Labute approximate surface area is 142 Å². The summed E-state index contributed by atoms with van der Waals surface area (Å²) in [6.07, 6.45) is 0. The van der Waals surface area contributed by atoms with E-state index in [0.29, 0.717) is 21.3 Å². The highest BCUT2D eigenvalue weighted by molar-refractivity contribution is 7.22. The first-order chi connectivity index (χ1) is 11.0. The molecule has 116 valence electrons. The van der Waals surface area contributed by atoms with Crippen LogP contribution in [0.25, 0.3) is 10.2 Å². The molecular formula is C17H13ClN2O2S. The highest BCUT2D eigenvalue weighted by Crippen LogP contribution is 2.31. The van der Waals surface area contributed by atoms with Gasteiger partial charge in [-0.05, 0) is 43.7 Å². The molecule has 0 radical (unpaired) electrons. The van der Waals surface area contributed by atoms with Crippen LogP contribution in [0.5, 0.6) is 0 Å². The molecule has 0 saturated heterocycles. The van der Waals surface area contributed by atoms with Crippen molar-refractivity contribution in [2.75, 3.05) is 5.32 Å². The van der Waals surface area contributed by atoms with Gasteiger partial charge >= 0.3 is 0 Å². The van der Waals surface area contributed by atoms with Crippen LogP contribution in [0.3, 0.4) is 0 Å². The number of nitrogens with zero attached hydrogens (tertiary/aromatic N) is 1. The van der Waals surface area contributed by atoms with E-state index in [1.807, 2.05) is 19.1 Å². The molecule has 23 heavy (non-hydrogen) atoms. The van der Waals surface area contributed by atoms with E-state index in [1.54, 1.807) is 24.3 Å². The lowest BCUT2D eigenvalue weighted by molar-refractivity contribution is 0.101.